The van der Waals surface area contributed by atoms with Crippen LogP contribution in [-0.4, -0.2) is 25.8 Å². The van der Waals surface area contributed by atoms with E-state index < -0.39 is 15.6 Å². The topological polar surface area (TPSA) is 66.4 Å². The fourth-order valence-corrected chi connectivity index (χ4v) is 3.83. The highest BCUT2D eigenvalue weighted by Gasteiger charge is 2.25. The smallest absolute Gasteiger partial charge is 0.212 e. The normalized spacial score (nSPS) is 14.8. The van der Waals surface area contributed by atoms with Crippen LogP contribution in [0.15, 0.2) is 47.2 Å². The zero-order valence-corrected chi connectivity index (χ0v) is 13.5. The first-order valence-electron chi connectivity index (χ1n) is 6.65. The van der Waals surface area contributed by atoms with Gasteiger partial charge in [0.15, 0.2) is 0 Å². The van der Waals surface area contributed by atoms with Crippen LogP contribution in [0.25, 0.3) is 0 Å². The Bertz CT molecular complexity index is 649. The van der Waals surface area contributed by atoms with Gasteiger partial charge in [-0.25, -0.2) is 13.1 Å². The van der Waals surface area contributed by atoms with E-state index in [0.29, 0.717) is 6.42 Å². The summed E-state index contributed by atoms with van der Waals surface area (Å²) < 4.78 is 26.5. The molecule has 0 amide bonds. The van der Waals surface area contributed by atoms with Crippen molar-refractivity contribution in [1.29, 1.82) is 0 Å². The number of aryl methyl sites for hydroxylation is 1. The van der Waals surface area contributed by atoms with E-state index >= 15 is 0 Å². The molecule has 1 atom stereocenters. The molecule has 0 saturated heterocycles. The summed E-state index contributed by atoms with van der Waals surface area (Å²) in [6, 6.07) is 11.3. The molecule has 0 aliphatic rings. The molecule has 0 unspecified atom stereocenters. The summed E-state index contributed by atoms with van der Waals surface area (Å²) in [5.41, 5.74) is 0.505. The molecule has 0 spiro atoms. The molecule has 114 valence electrons. The maximum absolute atomic E-state index is 12.0. The van der Waals surface area contributed by atoms with Crippen molar-refractivity contribution in [3.05, 3.63) is 58.3 Å². The van der Waals surface area contributed by atoms with Crippen molar-refractivity contribution < 1.29 is 13.5 Å². The first kappa shape index (κ1) is 16.2. The number of rotatable bonds is 7. The minimum Gasteiger partial charge on any atom is -0.384 e. The monoisotopic (exact) mass is 325 g/mol. The lowest BCUT2D eigenvalue weighted by Crippen LogP contribution is -2.39. The van der Waals surface area contributed by atoms with E-state index in [1.807, 2.05) is 41.1 Å². The molecule has 0 aliphatic heterocycles. The predicted molar refractivity (Wildman–Crippen MR) is 85.8 cm³/mol. The Morgan fingerprint density at radius 2 is 1.95 bits per heavy atom. The number of nitrogens with one attached hydrogen (secondary N) is 1. The van der Waals surface area contributed by atoms with Crippen molar-refractivity contribution in [1.82, 2.24) is 4.72 Å². The quantitative estimate of drug-likeness (QED) is 0.819. The van der Waals surface area contributed by atoms with Crippen LogP contribution < -0.4 is 4.72 Å². The molecule has 0 fully saturated rings. The summed E-state index contributed by atoms with van der Waals surface area (Å²) in [5, 5.41) is 14.0. The average Bonchev–Trinajstić information content (AvgIpc) is 3.00. The third-order valence-electron chi connectivity index (χ3n) is 3.28. The predicted octanol–water partition coefficient (Wildman–Crippen LogP) is 2.12. The number of benzene rings is 1. The molecule has 1 aromatic carbocycles. The average molecular weight is 325 g/mol. The highest BCUT2D eigenvalue weighted by molar-refractivity contribution is 7.89. The fourth-order valence-electron chi connectivity index (χ4n) is 1.89. The zero-order chi connectivity index (χ0) is 15.3. The van der Waals surface area contributed by atoms with Crippen LogP contribution in [0.2, 0.25) is 0 Å². The summed E-state index contributed by atoms with van der Waals surface area (Å²) in [7, 11) is -3.41. The molecular weight excluding hydrogens is 306 g/mol. The first-order chi connectivity index (χ1) is 9.89. The van der Waals surface area contributed by atoms with E-state index in [2.05, 4.69) is 4.72 Å². The largest absolute Gasteiger partial charge is 0.384 e. The van der Waals surface area contributed by atoms with Gasteiger partial charge in [0.1, 0.15) is 5.60 Å². The molecule has 2 aromatic rings. The molecule has 0 aliphatic carbocycles. The van der Waals surface area contributed by atoms with Gasteiger partial charge in [0.2, 0.25) is 10.0 Å². The van der Waals surface area contributed by atoms with Crippen LogP contribution in [0.1, 0.15) is 18.1 Å². The maximum Gasteiger partial charge on any atom is 0.212 e. The van der Waals surface area contributed by atoms with Gasteiger partial charge in [-0.1, -0.05) is 30.3 Å². The summed E-state index contributed by atoms with van der Waals surface area (Å²) in [4.78, 5) is 0. The molecule has 1 heterocycles. The summed E-state index contributed by atoms with van der Waals surface area (Å²) in [5.74, 6) is 0.0106. The van der Waals surface area contributed by atoms with Gasteiger partial charge in [0.05, 0.1) is 5.75 Å². The minimum atomic E-state index is -3.41. The van der Waals surface area contributed by atoms with Crippen LogP contribution >= 0.6 is 11.3 Å². The van der Waals surface area contributed by atoms with Crippen molar-refractivity contribution in [3.8, 4) is 0 Å². The van der Waals surface area contributed by atoms with E-state index in [-0.39, 0.29) is 12.3 Å². The highest BCUT2D eigenvalue weighted by Crippen LogP contribution is 2.22. The molecule has 0 radical (unpaired) electrons. The van der Waals surface area contributed by atoms with Crippen molar-refractivity contribution in [2.24, 2.45) is 0 Å². The van der Waals surface area contributed by atoms with Crippen molar-refractivity contribution in [2.75, 3.05) is 12.3 Å². The number of hydrogen-bond donors (Lipinski definition) is 2. The summed E-state index contributed by atoms with van der Waals surface area (Å²) in [6.45, 7) is 1.58. The van der Waals surface area contributed by atoms with Crippen LogP contribution in [0, 0.1) is 0 Å². The number of sulfonamides is 1. The number of hydrogen-bond acceptors (Lipinski definition) is 4. The lowest BCUT2D eigenvalue weighted by atomic mass is 10.0. The van der Waals surface area contributed by atoms with Crippen molar-refractivity contribution >= 4 is 21.4 Å². The molecular formula is C15H19NO3S2. The SMILES string of the molecule is C[C@@](O)(CNS(=O)(=O)CCc1ccccc1)c1ccsc1. The second kappa shape index (κ2) is 6.70. The molecule has 6 heteroatoms. The second-order valence-corrected chi connectivity index (χ2v) is 7.87. The standard InChI is InChI=1S/C15H19NO3S2/c1-15(17,14-7-9-20-11-14)12-16-21(18,19)10-8-13-5-3-2-4-6-13/h2-7,9,11,16-17H,8,10,12H2,1H3/t15-/m1/s1. The Hall–Kier alpha value is -1.21. The Morgan fingerprint density at radius 1 is 1.24 bits per heavy atom. The molecule has 0 bridgehead atoms. The van der Waals surface area contributed by atoms with Crippen molar-refractivity contribution in [3.63, 3.8) is 0 Å². The lowest BCUT2D eigenvalue weighted by Gasteiger charge is -2.22. The van der Waals surface area contributed by atoms with Gasteiger partial charge in [0.25, 0.3) is 0 Å². The highest BCUT2D eigenvalue weighted by atomic mass is 32.2. The van der Waals surface area contributed by atoms with Gasteiger partial charge in [-0.3, -0.25) is 0 Å². The molecule has 1 aromatic heterocycles. The number of aliphatic hydroxyl groups is 1. The molecule has 0 saturated carbocycles. The van der Waals surface area contributed by atoms with Gasteiger partial charge < -0.3 is 5.11 Å². The second-order valence-electron chi connectivity index (χ2n) is 5.16. The van der Waals surface area contributed by atoms with Gasteiger partial charge in [-0.15, -0.1) is 0 Å². The zero-order valence-electron chi connectivity index (χ0n) is 11.8. The Morgan fingerprint density at radius 3 is 2.57 bits per heavy atom. The Balaban J connectivity index is 1.89. The fraction of sp³-hybridized carbons (Fsp3) is 0.333. The van der Waals surface area contributed by atoms with E-state index in [1.54, 1.807) is 13.0 Å². The minimum absolute atomic E-state index is 0.0106. The Kier molecular flexibility index (Phi) is 5.16. The van der Waals surface area contributed by atoms with Gasteiger partial charge in [-0.05, 0) is 41.3 Å². The third kappa shape index (κ3) is 4.93. The van der Waals surface area contributed by atoms with Gasteiger partial charge >= 0.3 is 0 Å². The van der Waals surface area contributed by atoms with E-state index in [9.17, 15) is 13.5 Å². The van der Waals surface area contributed by atoms with E-state index in [4.69, 9.17) is 0 Å². The maximum atomic E-state index is 12.0. The number of thiophene rings is 1. The van der Waals surface area contributed by atoms with Crippen molar-refractivity contribution in [2.45, 2.75) is 18.9 Å². The molecule has 2 rings (SSSR count). The lowest BCUT2D eigenvalue weighted by molar-refractivity contribution is 0.0632. The Labute approximate surface area is 129 Å². The first-order valence-corrected chi connectivity index (χ1v) is 9.25. The van der Waals surface area contributed by atoms with Crippen LogP contribution in [0.4, 0.5) is 0 Å². The van der Waals surface area contributed by atoms with Crippen LogP contribution in [-0.2, 0) is 22.0 Å². The van der Waals surface area contributed by atoms with Crippen LogP contribution in [0.5, 0.6) is 0 Å². The molecule has 21 heavy (non-hydrogen) atoms. The molecule has 4 nitrogen and oxygen atoms in total. The molecule has 2 N–H and O–H groups in total. The van der Waals surface area contributed by atoms with Crippen LogP contribution in [0.3, 0.4) is 0 Å². The van der Waals surface area contributed by atoms with E-state index in [1.165, 1.54) is 11.3 Å². The van der Waals surface area contributed by atoms with E-state index in [0.717, 1.165) is 11.1 Å². The van der Waals surface area contributed by atoms with Gasteiger partial charge in [0, 0.05) is 6.54 Å². The summed E-state index contributed by atoms with van der Waals surface area (Å²) >= 11 is 1.47. The van der Waals surface area contributed by atoms with Gasteiger partial charge in [-0.2, -0.15) is 11.3 Å². The third-order valence-corrected chi connectivity index (χ3v) is 5.29. The summed E-state index contributed by atoms with van der Waals surface area (Å²) in [6.07, 6.45) is 0.455.